The lowest BCUT2D eigenvalue weighted by Gasteiger charge is -2.29. The van der Waals surface area contributed by atoms with Crippen molar-refractivity contribution in [3.8, 4) is 0 Å². The SMILES string of the molecule is Cc1ccc(/C(O)=C2\C(=O)C(=O)N(CCCN3CCOCC3)C2c2ccccc2Cl)cc1. The Hall–Kier alpha value is -2.67. The molecule has 0 bridgehead atoms. The fourth-order valence-electron chi connectivity index (χ4n) is 4.29. The van der Waals surface area contributed by atoms with Gasteiger partial charge in [0, 0.05) is 36.8 Å². The number of hydrogen-bond donors (Lipinski definition) is 1. The first-order valence-corrected chi connectivity index (χ1v) is 11.2. The quantitative estimate of drug-likeness (QED) is 0.408. The summed E-state index contributed by atoms with van der Waals surface area (Å²) >= 11 is 6.48. The summed E-state index contributed by atoms with van der Waals surface area (Å²) in [5, 5.41) is 11.5. The molecular weight excluding hydrogens is 428 g/mol. The third-order valence-electron chi connectivity index (χ3n) is 6.04. The van der Waals surface area contributed by atoms with Crippen molar-refractivity contribution in [1.29, 1.82) is 0 Å². The zero-order valence-electron chi connectivity index (χ0n) is 18.1. The van der Waals surface area contributed by atoms with Crippen molar-refractivity contribution >= 4 is 29.1 Å². The van der Waals surface area contributed by atoms with E-state index in [1.54, 1.807) is 35.2 Å². The van der Waals surface area contributed by atoms with Gasteiger partial charge in [-0.1, -0.05) is 59.6 Å². The second-order valence-electron chi connectivity index (χ2n) is 8.19. The fourth-order valence-corrected chi connectivity index (χ4v) is 4.53. The number of ketones is 1. The number of nitrogens with zero attached hydrogens (tertiary/aromatic N) is 2. The Balaban J connectivity index is 1.68. The summed E-state index contributed by atoms with van der Waals surface area (Å²) in [4.78, 5) is 29.9. The van der Waals surface area contributed by atoms with Gasteiger partial charge in [0.1, 0.15) is 5.76 Å². The lowest BCUT2D eigenvalue weighted by molar-refractivity contribution is -0.140. The van der Waals surface area contributed by atoms with Crippen LogP contribution in [0.25, 0.3) is 5.76 Å². The number of aliphatic hydroxyl groups excluding tert-OH is 1. The van der Waals surface area contributed by atoms with E-state index in [2.05, 4.69) is 4.90 Å². The van der Waals surface area contributed by atoms with Gasteiger partial charge in [-0.25, -0.2) is 0 Å². The lowest BCUT2D eigenvalue weighted by Crippen LogP contribution is -2.39. The van der Waals surface area contributed by atoms with Crippen molar-refractivity contribution in [1.82, 2.24) is 9.80 Å². The average Bonchev–Trinajstić information content (AvgIpc) is 3.05. The second kappa shape index (κ2) is 9.86. The van der Waals surface area contributed by atoms with Crippen LogP contribution in [-0.2, 0) is 14.3 Å². The van der Waals surface area contributed by atoms with Crippen LogP contribution in [0.3, 0.4) is 0 Å². The van der Waals surface area contributed by atoms with Crippen LogP contribution >= 0.6 is 11.6 Å². The largest absolute Gasteiger partial charge is 0.507 e. The summed E-state index contributed by atoms with van der Waals surface area (Å²) in [6.45, 7) is 6.28. The Bertz CT molecular complexity index is 1030. The fraction of sp³-hybridized carbons (Fsp3) is 0.360. The molecule has 32 heavy (non-hydrogen) atoms. The Morgan fingerprint density at radius 3 is 2.44 bits per heavy atom. The van der Waals surface area contributed by atoms with E-state index >= 15 is 0 Å². The Labute approximate surface area is 193 Å². The number of halogens is 1. The maximum Gasteiger partial charge on any atom is 0.295 e. The van der Waals surface area contributed by atoms with Gasteiger partial charge in [-0.05, 0) is 25.0 Å². The first-order chi connectivity index (χ1) is 15.5. The van der Waals surface area contributed by atoms with Crippen LogP contribution in [0, 0.1) is 6.92 Å². The van der Waals surface area contributed by atoms with Gasteiger partial charge in [0.25, 0.3) is 11.7 Å². The van der Waals surface area contributed by atoms with Crippen molar-refractivity contribution < 1.29 is 19.4 Å². The molecule has 2 fully saturated rings. The summed E-state index contributed by atoms with van der Waals surface area (Å²) < 4.78 is 5.39. The van der Waals surface area contributed by atoms with Crippen LogP contribution in [0.4, 0.5) is 0 Å². The summed E-state index contributed by atoms with van der Waals surface area (Å²) in [6, 6.07) is 13.6. The summed E-state index contributed by atoms with van der Waals surface area (Å²) in [6.07, 6.45) is 0.707. The van der Waals surface area contributed by atoms with Gasteiger partial charge < -0.3 is 14.7 Å². The van der Waals surface area contributed by atoms with Gasteiger partial charge in [0.15, 0.2) is 0 Å². The van der Waals surface area contributed by atoms with Crippen LogP contribution in [0.1, 0.15) is 29.2 Å². The molecule has 0 spiro atoms. The number of likely N-dealkylation sites (tertiary alicyclic amines) is 1. The number of hydrogen-bond acceptors (Lipinski definition) is 5. The van der Waals surface area contributed by atoms with Crippen molar-refractivity contribution in [3.05, 3.63) is 75.8 Å². The number of benzene rings is 2. The highest BCUT2D eigenvalue weighted by Crippen LogP contribution is 2.41. The molecular formula is C25H27ClN2O4. The molecule has 168 valence electrons. The molecule has 0 radical (unpaired) electrons. The molecule has 4 rings (SSSR count). The van der Waals surface area contributed by atoms with Gasteiger partial charge in [0.2, 0.25) is 0 Å². The number of carbonyl (C=O) groups excluding carboxylic acids is 2. The number of rotatable bonds is 6. The molecule has 0 aromatic heterocycles. The van der Waals surface area contributed by atoms with Gasteiger partial charge in [-0.2, -0.15) is 0 Å². The van der Waals surface area contributed by atoms with Crippen LogP contribution < -0.4 is 0 Å². The van der Waals surface area contributed by atoms with E-state index in [-0.39, 0.29) is 11.3 Å². The van der Waals surface area contributed by atoms with Crippen LogP contribution in [0.2, 0.25) is 5.02 Å². The summed E-state index contributed by atoms with van der Waals surface area (Å²) in [7, 11) is 0. The number of aryl methyl sites for hydroxylation is 1. The smallest absolute Gasteiger partial charge is 0.295 e. The standard InChI is InChI=1S/C25H27ClN2O4/c1-17-7-9-18(10-8-17)23(29)21-22(19-5-2-3-6-20(19)26)28(25(31)24(21)30)12-4-11-27-13-15-32-16-14-27/h2-3,5-10,22,29H,4,11-16H2,1H3/b23-21+. The minimum Gasteiger partial charge on any atom is -0.507 e. The molecule has 0 saturated carbocycles. The second-order valence-corrected chi connectivity index (χ2v) is 8.59. The molecule has 2 aliphatic heterocycles. The highest BCUT2D eigenvalue weighted by atomic mass is 35.5. The van der Waals surface area contributed by atoms with E-state index in [0.29, 0.717) is 42.3 Å². The Morgan fingerprint density at radius 2 is 1.75 bits per heavy atom. The van der Waals surface area contributed by atoms with Crippen molar-refractivity contribution in [2.75, 3.05) is 39.4 Å². The van der Waals surface area contributed by atoms with E-state index in [4.69, 9.17) is 16.3 Å². The molecule has 1 unspecified atom stereocenters. The predicted molar refractivity (Wildman–Crippen MR) is 124 cm³/mol. The monoisotopic (exact) mass is 454 g/mol. The lowest BCUT2D eigenvalue weighted by atomic mass is 9.95. The third kappa shape index (κ3) is 4.58. The van der Waals surface area contributed by atoms with Crippen molar-refractivity contribution in [2.45, 2.75) is 19.4 Å². The summed E-state index contributed by atoms with van der Waals surface area (Å²) in [5.74, 6) is -1.46. The Morgan fingerprint density at radius 1 is 1.06 bits per heavy atom. The first kappa shape index (κ1) is 22.5. The molecule has 2 heterocycles. The number of morpholine rings is 1. The third-order valence-corrected chi connectivity index (χ3v) is 6.39. The maximum atomic E-state index is 13.1. The minimum atomic E-state index is -0.727. The first-order valence-electron chi connectivity index (χ1n) is 10.9. The van der Waals surface area contributed by atoms with E-state index in [1.807, 2.05) is 25.1 Å². The normalized spacial score (nSPS) is 21.3. The molecule has 2 aliphatic rings. The topological polar surface area (TPSA) is 70.1 Å². The maximum absolute atomic E-state index is 13.1. The molecule has 7 heteroatoms. The van der Waals surface area contributed by atoms with Crippen LogP contribution in [-0.4, -0.2) is 66.0 Å². The zero-order valence-corrected chi connectivity index (χ0v) is 18.8. The number of Topliss-reactive ketones (excluding diaryl/α,β-unsaturated/α-hetero) is 1. The summed E-state index contributed by atoms with van der Waals surface area (Å²) in [5.41, 5.74) is 2.25. The van der Waals surface area contributed by atoms with E-state index in [0.717, 1.165) is 25.2 Å². The van der Waals surface area contributed by atoms with Crippen molar-refractivity contribution in [3.63, 3.8) is 0 Å². The number of carbonyl (C=O) groups is 2. The van der Waals surface area contributed by atoms with Gasteiger partial charge in [0.05, 0.1) is 24.8 Å². The van der Waals surface area contributed by atoms with E-state index in [9.17, 15) is 14.7 Å². The van der Waals surface area contributed by atoms with Crippen molar-refractivity contribution in [2.24, 2.45) is 0 Å². The predicted octanol–water partition coefficient (Wildman–Crippen LogP) is 3.79. The van der Waals surface area contributed by atoms with Gasteiger partial charge in [-0.15, -0.1) is 0 Å². The number of ether oxygens (including phenoxy) is 1. The van der Waals surface area contributed by atoms with Crippen LogP contribution in [0.5, 0.6) is 0 Å². The van der Waals surface area contributed by atoms with Crippen LogP contribution in [0.15, 0.2) is 54.1 Å². The Kier molecular flexibility index (Phi) is 6.94. The van der Waals surface area contributed by atoms with E-state index in [1.165, 1.54) is 0 Å². The van der Waals surface area contributed by atoms with Gasteiger partial charge >= 0.3 is 0 Å². The molecule has 1 amide bonds. The molecule has 2 aromatic carbocycles. The average molecular weight is 455 g/mol. The highest BCUT2D eigenvalue weighted by Gasteiger charge is 2.46. The highest BCUT2D eigenvalue weighted by molar-refractivity contribution is 6.47. The minimum absolute atomic E-state index is 0.0818. The van der Waals surface area contributed by atoms with Gasteiger partial charge in [-0.3, -0.25) is 14.5 Å². The molecule has 0 aliphatic carbocycles. The van der Waals surface area contributed by atoms with E-state index < -0.39 is 17.7 Å². The number of aliphatic hydroxyl groups is 1. The molecule has 2 saturated heterocycles. The molecule has 1 N–H and O–H groups in total. The molecule has 1 atom stereocenters. The number of amides is 1. The molecule has 2 aromatic rings. The molecule has 6 nitrogen and oxygen atoms in total. The zero-order chi connectivity index (χ0) is 22.7.